The smallest absolute Gasteiger partial charge is 0.248 e. The van der Waals surface area contributed by atoms with E-state index in [1.54, 1.807) is 0 Å². The monoisotopic (exact) mass is 484 g/mol. The van der Waals surface area contributed by atoms with Crippen LogP contribution < -0.4 is 9.64 Å². The summed E-state index contributed by atoms with van der Waals surface area (Å²) in [6.07, 6.45) is 6.30. The average molecular weight is 485 g/mol. The van der Waals surface area contributed by atoms with Gasteiger partial charge in [-0.25, -0.2) is 8.42 Å². The molecule has 2 aromatic carbocycles. The Morgan fingerprint density at radius 3 is 2.42 bits per heavy atom. The van der Waals surface area contributed by atoms with Gasteiger partial charge in [0.1, 0.15) is 11.5 Å². The molecule has 2 atom stereocenters. The van der Waals surface area contributed by atoms with Gasteiger partial charge in [0.25, 0.3) is 0 Å². The standard InChI is InChI=1S/C25H28N2O4S2/c28-24(15-10-18-6-4-5-7-18)26-25-27(22-16-33(29,30)17-23(22)32-25)19-11-13-21(14-12-19)31-20-8-2-1-3-9-20/h1-3,8-9,11-14,18,22-23H,4-7,10,15-17H2/t22-,23-/m1/s1. The number of amides is 1. The van der Waals surface area contributed by atoms with Crippen molar-refractivity contribution in [1.82, 2.24) is 0 Å². The minimum absolute atomic E-state index is 0.0855. The number of carbonyl (C=O) groups excluding carboxylic acids is 1. The molecule has 5 rings (SSSR count). The second kappa shape index (κ2) is 9.50. The number of amidine groups is 1. The van der Waals surface area contributed by atoms with Crippen LogP contribution in [0.5, 0.6) is 11.5 Å². The topological polar surface area (TPSA) is 76.0 Å². The molecule has 1 saturated carbocycles. The maximum absolute atomic E-state index is 12.7. The Kier molecular flexibility index (Phi) is 6.47. The highest BCUT2D eigenvalue weighted by Gasteiger charge is 2.49. The Bertz CT molecular complexity index is 1130. The molecule has 2 aliphatic heterocycles. The van der Waals surface area contributed by atoms with Crippen LogP contribution in [0.3, 0.4) is 0 Å². The summed E-state index contributed by atoms with van der Waals surface area (Å²) in [4.78, 5) is 19.1. The molecule has 33 heavy (non-hydrogen) atoms. The predicted octanol–water partition coefficient (Wildman–Crippen LogP) is 5.05. The number of ether oxygens (including phenoxy) is 1. The molecule has 0 unspecified atom stereocenters. The van der Waals surface area contributed by atoms with E-state index in [4.69, 9.17) is 4.74 Å². The largest absolute Gasteiger partial charge is 0.457 e. The summed E-state index contributed by atoms with van der Waals surface area (Å²) in [6, 6.07) is 16.9. The van der Waals surface area contributed by atoms with Crippen molar-refractivity contribution in [3.05, 3.63) is 54.6 Å². The Hall–Kier alpha value is -2.32. The van der Waals surface area contributed by atoms with Gasteiger partial charge in [-0.05, 0) is 48.7 Å². The fraction of sp³-hybridized carbons (Fsp3) is 0.440. The van der Waals surface area contributed by atoms with Crippen molar-refractivity contribution in [2.75, 3.05) is 16.4 Å². The molecule has 1 aliphatic carbocycles. The lowest BCUT2D eigenvalue weighted by atomic mass is 10.0. The van der Waals surface area contributed by atoms with E-state index in [9.17, 15) is 13.2 Å². The average Bonchev–Trinajstić information content (AvgIpc) is 3.48. The van der Waals surface area contributed by atoms with Gasteiger partial charge < -0.3 is 9.64 Å². The summed E-state index contributed by atoms with van der Waals surface area (Å²) < 4.78 is 30.5. The van der Waals surface area contributed by atoms with Crippen LogP contribution >= 0.6 is 11.8 Å². The molecule has 8 heteroatoms. The van der Waals surface area contributed by atoms with Crippen molar-refractivity contribution in [2.45, 2.75) is 49.8 Å². The first-order valence-corrected chi connectivity index (χ1v) is 14.3. The van der Waals surface area contributed by atoms with E-state index in [1.807, 2.05) is 59.5 Å². The third-order valence-corrected chi connectivity index (χ3v) is 9.83. The number of hydrogen-bond donors (Lipinski definition) is 0. The third-order valence-electron chi connectivity index (χ3n) is 6.62. The lowest BCUT2D eigenvalue weighted by molar-refractivity contribution is -0.118. The molecule has 0 N–H and O–H groups in total. The van der Waals surface area contributed by atoms with Gasteiger partial charge in [-0.1, -0.05) is 55.6 Å². The molecule has 0 radical (unpaired) electrons. The van der Waals surface area contributed by atoms with Crippen molar-refractivity contribution in [2.24, 2.45) is 10.9 Å². The molecule has 0 bridgehead atoms. The van der Waals surface area contributed by atoms with Gasteiger partial charge in [0.15, 0.2) is 15.0 Å². The summed E-state index contributed by atoms with van der Waals surface area (Å²) in [5.74, 6) is 2.19. The summed E-state index contributed by atoms with van der Waals surface area (Å²) in [5, 5.41) is 0.518. The number of sulfone groups is 1. The first-order chi connectivity index (χ1) is 16.0. The van der Waals surface area contributed by atoms with Gasteiger partial charge in [0.2, 0.25) is 5.91 Å². The van der Waals surface area contributed by atoms with Gasteiger partial charge in [-0.15, -0.1) is 0 Å². The summed E-state index contributed by atoms with van der Waals surface area (Å²) in [5.41, 5.74) is 0.829. The second-order valence-electron chi connectivity index (χ2n) is 9.06. The van der Waals surface area contributed by atoms with E-state index in [1.165, 1.54) is 37.4 Å². The normalized spacial score (nSPS) is 25.5. The molecule has 2 aromatic rings. The molecule has 3 aliphatic rings. The summed E-state index contributed by atoms with van der Waals surface area (Å²) in [7, 11) is -3.10. The van der Waals surface area contributed by atoms with E-state index >= 15 is 0 Å². The zero-order valence-corrected chi connectivity index (χ0v) is 20.1. The maximum Gasteiger partial charge on any atom is 0.248 e. The fourth-order valence-electron chi connectivity index (χ4n) is 4.96. The van der Waals surface area contributed by atoms with Crippen LogP contribution in [0.25, 0.3) is 0 Å². The first-order valence-electron chi connectivity index (χ1n) is 11.6. The number of thioether (sulfide) groups is 1. The lowest BCUT2D eigenvalue weighted by Gasteiger charge is -2.24. The first kappa shape index (κ1) is 22.5. The molecule has 0 aromatic heterocycles. The van der Waals surface area contributed by atoms with Gasteiger partial charge in [0.05, 0.1) is 17.5 Å². The molecular formula is C25H28N2O4S2. The van der Waals surface area contributed by atoms with Crippen LogP contribution in [0, 0.1) is 5.92 Å². The third kappa shape index (κ3) is 5.27. The number of fused-ring (bicyclic) bond motifs is 1. The van der Waals surface area contributed by atoms with Crippen LogP contribution in [0.15, 0.2) is 59.6 Å². The van der Waals surface area contributed by atoms with Crippen LogP contribution in [0.4, 0.5) is 5.69 Å². The highest BCUT2D eigenvalue weighted by atomic mass is 32.2. The number of rotatable bonds is 6. The van der Waals surface area contributed by atoms with E-state index in [2.05, 4.69) is 4.99 Å². The fourth-order valence-corrected chi connectivity index (χ4v) is 8.89. The number of benzene rings is 2. The zero-order valence-electron chi connectivity index (χ0n) is 18.4. The van der Waals surface area contributed by atoms with Gasteiger partial charge in [-0.2, -0.15) is 4.99 Å². The Balaban J connectivity index is 1.35. The van der Waals surface area contributed by atoms with Gasteiger partial charge in [0, 0.05) is 17.4 Å². The Labute approximate surface area is 199 Å². The molecule has 6 nitrogen and oxygen atoms in total. The Morgan fingerprint density at radius 2 is 1.70 bits per heavy atom. The van der Waals surface area contributed by atoms with Crippen LogP contribution in [0.2, 0.25) is 0 Å². The predicted molar refractivity (Wildman–Crippen MR) is 133 cm³/mol. The molecule has 2 heterocycles. The minimum atomic E-state index is -3.10. The van der Waals surface area contributed by atoms with E-state index < -0.39 is 9.84 Å². The molecular weight excluding hydrogens is 456 g/mol. The second-order valence-corrected chi connectivity index (χ2v) is 12.4. The van der Waals surface area contributed by atoms with E-state index in [0.717, 1.165) is 17.9 Å². The minimum Gasteiger partial charge on any atom is -0.457 e. The molecule has 1 amide bonds. The number of carbonyl (C=O) groups is 1. The number of hydrogen-bond acceptors (Lipinski definition) is 5. The Morgan fingerprint density at radius 1 is 1.00 bits per heavy atom. The van der Waals surface area contributed by atoms with Crippen molar-refractivity contribution < 1.29 is 17.9 Å². The number of aliphatic imine (C=N–C) groups is 1. The van der Waals surface area contributed by atoms with E-state index in [0.29, 0.717) is 23.3 Å². The maximum atomic E-state index is 12.7. The van der Waals surface area contributed by atoms with Crippen LogP contribution in [0.1, 0.15) is 38.5 Å². The van der Waals surface area contributed by atoms with Crippen LogP contribution in [-0.2, 0) is 14.6 Å². The van der Waals surface area contributed by atoms with E-state index in [-0.39, 0.29) is 28.7 Å². The summed E-state index contributed by atoms with van der Waals surface area (Å²) in [6.45, 7) is 0. The number of para-hydroxylation sites is 1. The molecule has 2 saturated heterocycles. The van der Waals surface area contributed by atoms with Gasteiger partial charge >= 0.3 is 0 Å². The SMILES string of the molecule is O=C(CCC1CCCC1)N=C1S[C@@H]2CS(=O)(=O)C[C@H]2N1c1ccc(Oc2ccccc2)cc1. The lowest BCUT2D eigenvalue weighted by Crippen LogP contribution is -2.37. The number of anilines is 1. The molecule has 174 valence electrons. The van der Waals surface area contributed by atoms with Gasteiger partial charge in [-0.3, -0.25) is 4.79 Å². The highest BCUT2D eigenvalue weighted by molar-refractivity contribution is 8.16. The van der Waals surface area contributed by atoms with Crippen molar-refractivity contribution >= 4 is 38.4 Å². The molecule has 0 spiro atoms. The zero-order chi connectivity index (χ0) is 22.8. The quantitative estimate of drug-likeness (QED) is 0.571. The summed E-state index contributed by atoms with van der Waals surface area (Å²) >= 11 is 1.42. The van der Waals surface area contributed by atoms with Crippen molar-refractivity contribution in [3.8, 4) is 11.5 Å². The van der Waals surface area contributed by atoms with Crippen molar-refractivity contribution in [1.29, 1.82) is 0 Å². The molecule has 3 fully saturated rings. The van der Waals surface area contributed by atoms with Crippen LogP contribution in [-0.4, -0.2) is 42.3 Å². The number of nitrogens with zero attached hydrogens (tertiary/aromatic N) is 2. The van der Waals surface area contributed by atoms with Crippen molar-refractivity contribution in [3.63, 3.8) is 0 Å². The highest BCUT2D eigenvalue weighted by Crippen LogP contribution is 2.41.